The lowest BCUT2D eigenvalue weighted by atomic mass is 9.96. The van der Waals surface area contributed by atoms with E-state index in [1.54, 1.807) is 0 Å². The van der Waals surface area contributed by atoms with Crippen LogP contribution in [0.1, 0.15) is 36.3 Å². The highest BCUT2D eigenvalue weighted by molar-refractivity contribution is 5.87. The maximum Gasteiger partial charge on any atom is 0.407 e. The Labute approximate surface area is 192 Å². The molecule has 0 radical (unpaired) electrons. The molecule has 2 amide bonds. The van der Waals surface area contributed by atoms with Crippen LogP contribution in [0.5, 0.6) is 0 Å². The molecule has 2 aliphatic rings. The average Bonchev–Trinajstić information content (AvgIpc) is 3.44. The molecule has 0 bridgehead atoms. The number of benzene rings is 2. The van der Waals surface area contributed by atoms with Gasteiger partial charge in [0.2, 0.25) is 5.91 Å². The second-order valence-corrected chi connectivity index (χ2v) is 8.45. The quantitative estimate of drug-likeness (QED) is 0.597. The standard InChI is InChI=1S/C25H28N2O6/c1-27(25(23(29)30)12-14-32-16-25)22(28)11-6-13-26-24(31)33-15-21-19-9-4-2-7-17(19)18-8-3-5-10-20(18)21/h2-5,7-10,21H,6,11-16H2,1H3,(H,26,31)(H,29,30). The molecule has 1 fully saturated rings. The number of carboxylic acids is 1. The summed E-state index contributed by atoms with van der Waals surface area (Å²) in [6.45, 7) is 0.783. The molecule has 0 aromatic heterocycles. The highest BCUT2D eigenvalue weighted by Crippen LogP contribution is 2.44. The highest BCUT2D eigenvalue weighted by atomic mass is 16.5. The summed E-state index contributed by atoms with van der Waals surface area (Å²) in [6, 6.07) is 16.2. The van der Waals surface area contributed by atoms with E-state index in [2.05, 4.69) is 29.6 Å². The summed E-state index contributed by atoms with van der Waals surface area (Å²) in [4.78, 5) is 37.6. The number of nitrogens with one attached hydrogen (secondary N) is 1. The Bertz CT molecular complexity index is 1000. The topological polar surface area (TPSA) is 105 Å². The number of carbonyl (C=O) groups is 3. The molecule has 33 heavy (non-hydrogen) atoms. The summed E-state index contributed by atoms with van der Waals surface area (Å²) in [5.41, 5.74) is 3.30. The Morgan fingerprint density at radius 3 is 2.33 bits per heavy atom. The number of fused-ring (bicyclic) bond motifs is 3. The molecule has 2 aromatic carbocycles. The first kappa shape index (κ1) is 22.8. The van der Waals surface area contributed by atoms with Crippen LogP contribution in [-0.2, 0) is 19.1 Å². The van der Waals surface area contributed by atoms with Gasteiger partial charge in [-0.25, -0.2) is 9.59 Å². The van der Waals surface area contributed by atoms with Gasteiger partial charge in [0.05, 0.1) is 6.61 Å². The van der Waals surface area contributed by atoms with Gasteiger partial charge in [0, 0.05) is 39.0 Å². The molecule has 0 spiro atoms. The Kier molecular flexibility index (Phi) is 6.65. The summed E-state index contributed by atoms with van der Waals surface area (Å²) < 4.78 is 10.7. The van der Waals surface area contributed by atoms with Crippen molar-refractivity contribution in [1.29, 1.82) is 0 Å². The van der Waals surface area contributed by atoms with Crippen molar-refractivity contribution in [1.82, 2.24) is 10.2 Å². The van der Waals surface area contributed by atoms with Crippen LogP contribution in [0.3, 0.4) is 0 Å². The molecular weight excluding hydrogens is 424 g/mol. The maximum absolute atomic E-state index is 12.5. The summed E-state index contributed by atoms with van der Waals surface area (Å²) in [7, 11) is 1.49. The first-order valence-corrected chi connectivity index (χ1v) is 11.1. The maximum atomic E-state index is 12.5. The van der Waals surface area contributed by atoms with E-state index in [-0.39, 0.29) is 44.4 Å². The Hall–Kier alpha value is -3.39. The minimum atomic E-state index is -1.31. The molecular formula is C25H28N2O6. The number of likely N-dealkylation sites (N-methyl/N-ethyl adjacent to an activating group) is 1. The summed E-state index contributed by atoms with van der Waals surface area (Å²) in [6.07, 6.45) is 0.227. The van der Waals surface area contributed by atoms with Crippen LogP contribution >= 0.6 is 0 Å². The Morgan fingerprint density at radius 1 is 1.12 bits per heavy atom. The SMILES string of the molecule is CN(C(=O)CCCNC(=O)OCC1c2ccccc2-c2ccccc21)C1(C(=O)O)CCOC1. The van der Waals surface area contributed by atoms with Gasteiger partial charge in [-0.05, 0) is 28.7 Å². The molecule has 1 aliphatic carbocycles. The van der Waals surface area contributed by atoms with Gasteiger partial charge in [-0.1, -0.05) is 48.5 Å². The predicted molar refractivity (Wildman–Crippen MR) is 121 cm³/mol. The van der Waals surface area contributed by atoms with Crippen molar-refractivity contribution in [2.24, 2.45) is 0 Å². The number of amides is 2. The number of alkyl carbamates (subject to hydrolysis) is 1. The van der Waals surface area contributed by atoms with E-state index < -0.39 is 17.6 Å². The van der Waals surface area contributed by atoms with Crippen LogP contribution in [0.15, 0.2) is 48.5 Å². The van der Waals surface area contributed by atoms with E-state index in [1.807, 2.05) is 24.3 Å². The first-order chi connectivity index (χ1) is 15.9. The van der Waals surface area contributed by atoms with E-state index in [9.17, 15) is 19.5 Å². The molecule has 1 unspecified atom stereocenters. The van der Waals surface area contributed by atoms with Crippen molar-refractivity contribution < 1.29 is 29.0 Å². The molecule has 8 heteroatoms. The first-order valence-electron chi connectivity index (χ1n) is 11.1. The number of rotatable bonds is 8. The van der Waals surface area contributed by atoms with Crippen LogP contribution in [0.25, 0.3) is 11.1 Å². The fourth-order valence-electron chi connectivity index (χ4n) is 4.62. The fourth-order valence-corrected chi connectivity index (χ4v) is 4.62. The van der Waals surface area contributed by atoms with Crippen molar-refractivity contribution in [2.45, 2.75) is 30.7 Å². The van der Waals surface area contributed by atoms with E-state index in [1.165, 1.54) is 11.9 Å². The largest absolute Gasteiger partial charge is 0.479 e. The van der Waals surface area contributed by atoms with Gasteiger partial charge in [0.15, 0.2) is 5.54 Å². The Morgan fingerprint density at radius 2 is 1.76 bits per heavy atom. The molecule has 2 N–H and O–H groups in total. The number of hydrogen-bond donors (Lipinski definition) is 2. The van der Waals surface area contributed by atoms with Crippen molar-refractivity contribution in [3.05, 3.63) is 59.7 Å². The molecule has 2 aromatic rings. The third kappa shape index (κ3) is 4.43. The van der Waals surface area contributed by atoms with E-state index in [0.29, 0.717) is 13.0 Å². The Balaban J connectivity index is 1.24. The second kappa shape index (κ2) is 9.62. The molecule has 1 saturated heterocycles. The van der Waals surface area contributed by atoms with Gasteiger partial charge >= 0.3 is 12.1 Å². The minimum absolute atomic E-state index is 0.0113. The minimum Gasteiger partial charge on any atom is -0.479 e. The molecule has 1 aliphatic heterocycles. The van der Waals surface area contributed by atoms with Gasteiger partial charge in [0.25, 0.3) is 0 Å². The molecule has 174 valence electrons. The monoisotopic (exact) mass is 452 g/mol. The van der Waals surface area contributed by atoms with Crippen LogP contribution in [0.2, 0.25) is 0 Å². The van der Waals surface area contributed by atoms with Gasteiger partial charge in [-0.2, -0.15) is 0 Å². The van der Waals surface area contributed by atoms with Crippen molar-refractivity contribution in [3.63, 3.8) is 0 Å². The highest BCUT2D eigenvalue weighted by Gasteiger charge is 2.48. The molecule has 4 rings (SSSR count). The molecule has 0 saturated carbocycles. The smallest absolute Gasteiger partial charge is 0.407 e. The number of nitrogens with zero attached hydrogens (tertiary/aromatic N) is 1. The summed E-state index contributed by atoms with van der Waals surface area (Å²) in [5, 5.41) is 12.2. The van der Waals surface area contributed by atoms with Gasteiger partial charge in [0.1, 0.15) is 6.61 Å². The third-order valence-corrected chi connectivity index (χ3v) is 6.60. The molecule has 1 atom stereocenters. The normalized spacial score (nSPS) is 18.9. The lowest BCUT2D eigenvalue weighted by molar-refractivity contribution is -0.157. The van der Waals surface area contributed by atoms with Crippen LogP contribution in [0.4, 0.5) is 4.79 Å². The predicted octanol–water partition coefficient (Wildman–Crippen LogP) is 3.01. The number of carbonyl (C=O) groups excluding carboxylic acids is 2. The van der Waals surface area contributed by atoms with Gasteiger partial charge in [-0.3, -0.25) is 4.79 Å². The lowest BCUT2D eigenvalue weighted by Gasteiger charge is -2.33. The molecule has 1 heterocycles. The van der Waals surface area contributed by atoms with E-state index in [0.717, 1.165) is 22.3 Å². The van der Waals surface area contributed by atoms with Crippen molar-refractivity contribution >= 4 is 18.0 Å². The summed E-state index contributed by atoms with van der Waals surface area (Å²) >= 11 is 0. The zero-order valence-corrected chi connectivity index (χ0v) is 18.6. The average molecular weight is 453 g/mol. The van der Waals surface area contributed by atoms with Gasteiger partial charge in [-0.15, -0.1) is 0 Å². The summed E-state index contributed by atoms with van der Waals surface area (Å²) in [5.74, 6) is -1.37. The number of aliphatic carboxylic acids is 1. The second-order valence-electron chi connectivity index (χ2n) is 8.45. The van der Waals surface area contributed by atoms with Crippen LogP contribution in [-0.4, -0.2) is 66.9 Å². The van der Waals surface area contributed by atoms with Gasteiger partial charge < -0.3 is 24.8 Å². The van der Waals surface area contributed by atoms with Crippen molar-refractivity contribution in [2.75, 3.05) is 33.4 Å². The fraction of sp³-hybridized carbons (Fsp3) is 0.400. The zero-order chi connectivity index (χ0) is 23.4. The molecule has 8 nitrogen and oxygen atoms in total. The number of ether oxygens (including phenoxy) is 2. The van der Waals surface area contributed by atoms with E-state index >= 15 is 0 Å². The third-order valence-electron chi connectivity index (χ3n) is 6.60. The number of carboxylic acid groups (broad SMARTS) is 1. The lowest BCUT2D eigenvalue weighted by Crippen LogP contribution is -2.56. The van der Waals surface area contributed by atoms with Crippen molar-refractivity contribution in [3.8, 4) is 11.1 Å². The zero-order valence-electron chi connectivity index (χ0n) is 18.6. The number of hydrogen-bond acceptors (Lipinski definition) is 5. The van der Waals surface area contributed by atoms with Crippen LogP contribution in [0, 0.1) is 0 Å². The van der Waals surface area contributed by atoms with Crippen LogP contribution < -0.4 is 5.32 Å². The van der Waals surface area contributed by atoms with E-state index in [4.69, 9.17) is 9.47 Å².